The number of unbranched alkanes of at least 4 members (excludes halogenated alkanes) is 9. The number of thioether (sulfide) groups is 1. The van der Waals surface area contributed by atoms with Crippen LogP contribution in [0.2, 0.25) is 0 Å². The van der Waals surface area contributed by atoms with E-state index in [2.05, 4.69) is 25.6 Å². The minimum absolute atomic E-state index is 0.680. The number of hydrogen-bond acceptors (Lipinski definition) is 1. The van der Waals surface area contributed by atoms with Crippen LogP contribution in [0.25, 0.3) is 0 Å². The van der Waals surface area contributed by atoms with Gasteiger partial charge in [-0.2, -0.15) is 11.8 Å². The fourth-order valence-electron chi connectivity index (χ4n) is 2.02. The molecule has 1 unspecified atom stereocenters. The van der Waals surface area contributed by atoms with Crippen LogP contribution in [0, 0.1) is 5.92 Å². The zero-order valence-corrected chi connectivity index (χ0v) is 14.1. The molecule has 0 amide bonds. The average molecular weight is 293 g/mol. The van der Waals surface area contributed by atoms with Crippen LogP contribution in [0.1, 0.15) is 78.1 Å². The van der Waals surface area contributed by atoms with Crippen LogP contribution in [0.3, 0.4) is 0 Å². The molecule has 1 atom stereocenters. The van der Waals surface area contributed by atoms with Gasteiger partial charge in [-0.1, -0.05) is 71.6 Å². The number of rotatable bonds is 14. The smallest absolute Gasteiger partial charge is 0.0257 e. The van der Waals surface area contributed by atoms with Gasteiger partial charge < -0.3 is 0 Å². The molecule has 0 saturated carbocycles. The highest BCUT2D eigenvalue weighted by molar-refractivity contribution is 7.99. The minimum Gasteiger partial charge on any atom is -0.162 e. The molecule has 0 fully saturated rings. The molecule has 0 spiro atoms. The molecule has 2 heteroatoms. The van der Waals surface area contributed by atoms with E-state index in [0.29, 0.717) is 5.92 Å². The van der Waals surface area contributed by atoms with Crippen LogP contribution in [0.15, 0.2) is 0 Å². The second kappa shape index (κ2) is 15.7. The van der Waals surface area contributed by atoms with Crippen LogP contribution in [0.4, 0.5) is 0 Å². The second-order valence-corrected chi connectivity index (χ2v) is 6.97. The predicted molar refractivity (Wildman–Crippen MR) is 89.1 cm³/mol. The van der Waals surface area contributed by atoms with Gasteiger partial charge in [-0.15, -0.1) is 11.6 Å². The van der Waals surface area contributed by atoms with E-state index in [-0.39, 0.29) is 0 Å². The topological polar surface area (TPSA) is 0 Å². The summed E-state index contributed by atoms with van der Waals surface area (Å²) in [5, 5.41) is 0. The maximum atomic E-state index is 5.78. The van der Waals surface area contributed by atoms with E-state index in [1.54, 1.807) is 0 Å². The van der Waals surface area contributed by atoms with E-state index in [4.69, 9.17) is 11.6 Å². The Balaban J connectivity index is 2.94. The molecule has 0 aromatic heterocycles. The van der Waals surface area contributed by atoms with Crippen molar-refractivity contribution in [3.05, 3.63) is 0 Å². The van der Waals surface area contributed by atoms with Gasteiger partial charge in [0.2, 0.25) is 0 Å². The zero-order chi connectivity index (χ0) is 13.5. The van der Waals surface area contributed by atoms with Gasteiger partial charge >= 0.3 is 0 Å². The molecule has 0 nitrogen and oxygen atoms in total. The normalized spacial score (nSPS) is 12.8. The molecule has 18 heavy (non-hydrogen) atoms. The Bertz CT molecular complexity index is 150. The maximum absolute atomic E-state index is 5.78. The Labute approximate surface area is 125 Å². The van der Waals surface area contributed by atoms with E-state index in [0.717, 1.165) is 5.88 Å². The van der Waals surface area contributed by atoms with Gasteiger partial charge in [0.15, 0.2) is 0 Å². The fourth-order valence-corrected chi connectivity index (χ4v) is 3.35. The van der Waals surface area contributed by atoms with E-state index in [9.17, 15) is 0 Å². The van der Waals surface area contributed by atoms with Crippen LogP contribution >= 0.6 is 23.4 Å². The van der Waals surface area contributed by atoms with Crippen molar-refractivity contribution >= 4 is 23.4 Å². The number of hydrogen-bond donors (Lipinski definition) is 0. The van der Waals surface area contributed by atoms with Crippen molar-refractivity contribution in [1.29, 1.82) is 0 Å². The third-order valence-electron chi connectivity index (χ3n) is 3.31. The molecule has 0 N–H and O–H groups in total. The molecule has 0 aliphatic rings. The first-order valence-corrected chi connectivity index (χ1v) is 9.63. The third-order valence-corrected chi connectivity index (χ3v) is 5.22. The molecule has 0 aliphatic heterocycles. The molecule has 110 valence electrons. The third kappa shape index (κ3) is 14.7. The molecule has 0 rings (SSSR count). The first-order chi connectivity index (χ1) is 8.81. The van der Waals surface area contributed by atoms with Crippen molar-refractivity contribution in [2.75, 3.05) is 17.4 Å². The Morgan fingerprint density at radius 3 is 1.83 bits per heavy atom. The number of halogens is 1. The van der Waals surface area contributed by atoms with Gasteiger partial charge in [0.05, 0.1) is 0 Å². The van der Waals surface area contributed by atoms with E-state index in [1.165, 1.54) is 75.7 Å². The lowest BCUT2D eigenvalue weighted by Crippen LogP contribution is -1.99. The lowest BCUT2D eigenvalue weighted by molar-refractivity contribution is 0.563. The van der Waals surface area contributed by atoms with E-state index in [1.807, 2.05) is 0 Å². The van der Waals surface area contributed by atoms with Crippen molar-refractivity contribution in [3.8, 4) is 0 Å². The monoisotopic (exact) mass is 292 g/mol. The Morgan fingerprint density at radius 1 is 0.833 bits per heavy atom. The first kappa shape index (κ1) is 18.6. The molecule has 0 aliphatic carbocycles. The highest BCUT2D eigenvalue weighted by atomic mass is 35.5. The molecule has 0 radical (unpaired) electrons. The summed E-state index contributed by atoms with van der Waals surface area (Å²) in [5.74, 6) is 4.06. The van der Waals surface area contributed by atoms with Crippen LogP contribution in [-0.2, 0) is 0 Å². The quantitative estimate of drug-likeness (QED) is 0.259. The molecule has 0 aromatic carbocycles. The van der Waals surface area contributed by atoms with E-state index >= 15 is 0 Å². The van der Waals surface area contributed by atoms with Gasteiger partial charge in [-0.3, -0.25) is 0 Å². The summed E-state index contributed by atoms with van der Waals surface area (Å²) in [6.45, 7) is 4.52. The predicted octanol–water partition coefficient (Wildman–Crippen LogP) is 6.52. The summed E-state index contributed by atoms with van der Waals surface area (Å²) < 4.78 is 0. The maximum Gasteiger partial charge on any atom is 0.0257 e. The van der Waals surface area contributed by atoms with Crippen molar-refractivity contribution in [2.45, 2.75) is 78.1 Å². The summed E-state index contributed by atoms with van der Waals surface area (Å²) in [5.41, 5.74) is 0. The molecule has 0 aromatic rings. The lowest BCUT2D eigenvalue weighted by Gasteiger charge is -2.06. The van der Waals surface area contributed by atoms with Crippen molar-refractivity contribution in [3.63, 3.8) is 0 Å². The second-order valence-electron chi connectivity index (χ2n) is 5.52. The summed E-state index contributed by atoms with van der Waals surface area (Å²) in [6.07, 6.45) is 14.3. The van der Waals surface area contributed by atoms with Crippen LogP contribution < -0.4 is 0 Å². The molecular formula is C16H33ClS. The summed E-state index contributed by atoms with van der Waals surface area (Å²) in [4.78, 5) is 0. The zero-order valence-electron chi connectivity index (χ0n) is 12.6. The van der Waals surface area contributed by atoms with Gasteiger partial charge in [0, 0.05) is 5.88 Å². The van der Waals surface area contributed by atoms with Gasteiger partial charge in [0.1, 0.15) is 0 Å². The average Bonchev–Trinajstić information content (AvgIpc) is 2.39. The van der Waals surface area contributed by atoms with E-state index < -0.39 is 0 Å². The summed E-state index contributed by atoms with van der Waals surface area (Å²) in [7, 11) is 0. The minimum atomic E-state index is 0.680. The lowest BCUT2D eigenvalue weighted by atomic mass is 10.1. The molecule has 0 heterocycles. The van der Waals surface area contributed by atoms with Gasteiger partial charge in [0.25, 0.3) is 0 Å². The number of alkyl halides is 1. The van der Waals surface area contributed by atoms with Crippen molar-refractivity contribution in [1.82, 2.24) is 0 Å². The summed E-state index contributed by atoms with van der Waals surface area (Å²) >= 11 is 7.86. The highest BCUT2D eigenvalue weighted by Gasteiger charge is 1.99. The van der Waals surface area contributed by atoms with Crippen molar-refractivity contribution < 1.29 is 0 Å². The first-order valence-electron chi connectivity index (χ1n) is 7.95. The van der Waals surface area contributed by atoms with Gasteiger partial charge in [-0.05, 0) is 23.8 Å². The highest BCUT2D eigenvalue weighted by Crippen LogP contribution is 2.14. The Kier molecular flexibility index (Phi) is 16.3. The van der Waals surface area contributed by atoms with Crippen molar-refractivity contribution in [2.24, 2.45) is 5.92 Å². The Hall–Kier alpha value is 0.640. The molecule has 0 saturated heterocycles. The SMILES string of the molecule is CCCCCCCCCCCCSCC(C)CCl. The fraction of sp³-hybridized carbons (Fsp3) is 1.00. The largest absolute Gasteiger partial charge is 0.162 e. The summed E-state index contributed by atoms with van der Waals surface area (Å²) in [6, 6.07) is 0. The Morgan fingerprint density at radius 2 is 1.33 bits per heavy atom. The van der Waals surface area contributed by atoms with Gasteiger partial charge in [-0.25, -0.2) is 0 Å². The molecule has 0 bridgehead atoms. The molecular weight excluding hydrogens is 260 g/mol. The standard InChI is InChI=1S/C16H33ClS/c1-3-4-5-6-7-8-9-10-11-12-13-18-15-16(2)14-17/h16H,3-15H2,1-2H3. The van der Waals surface area contributed by atoms with Crippen LogP contribution in [-0.4, -0.2) is 17.4 Å². The van der Waals surface area contributed by atoms with Crippen LogP contribution in [0.5, 0.6) is 0 Å².